The van der Waals surface area contributed by atoms with Gasteiger partial charge < -0.3 is 4.98 Å². The molecule has 0 atom stereocenters. The van der Waals surface area contributed by atoms with Gasteiger partial charge in [0.1, 0.15) is 5.82 Å². The van der Waals surface area contributed by atoms with E-state index in [1.165, 1.54) is 0 Å². The summed E-state index contributed by atoms with van der Waals surface area (Å²) in [7, 11) is 0. The minimum atomic E-state index is 0.0572. The van der Waals surface area contributed by atoms with Crippen molar-refractivity contribution in [3.8, 4) is 11.4 Å². The molecule has 0 aliphatic carbocycles. The molecule has 3 aromatic rings. The van der Waals surface area contributed by atoms with Crippen molar-refractivity contribution in [2.45, 2.75) is 6.92 Å². The van der Waals surface area contributed by atoms with Crippen LogP contribution in [0.5, 0.6) is 0 Å². The fourth-order valence-electron chi connectivity index (χ4n) is 1.87. The molecular formula is C14H10BrN3O. The number of Topliss-reactive ketones (excluding diaryl/α,β-unsaturated/α-hetero) is 1. The lowest BCUT2D eigenvalue weighted by molar-refractivity contribution is 0.101. The van der Waals surface area contributed by atoms with E-state index >= 15 is 0 Å². The van der Waals surface area contributed by atoms with Crippen molar-refractivity contribution in [3.05, 3.63) is 46.6 Å². The van der Waals surface area contributed by atoms with Crippen LogP contribution in [-0.2, 0) is 0 Å². The van der Waals surface area contributed by atoms with Gasteiger partial charge in [-0.05, 0) is 28.9 Å². The van der Waals surface area contributed by atoms with Gasteiger partial charge in [0, 0.05) is 21.8 Å². The van der Waals surface area contributed by atoms with Crippen molar-refractivity contribution in [1.29, 1.82) is 0 Å². The number of fused-ring (bicyclic) bond motifs is 1. The van der Waals surface area contributed by atoms with Crippen LogP contribution in [0.15, 0.2) is 41.0 Å². The molecule has 94 valence electrons. The average Bonchev–Trinajstić information content (AvgIpc) is 2.81. The second-order valence-corrected chi connectivity index (χ2v) is 5.16. The number of hydrogen-bond acceptors (Lipinski definition) is 3. The summed E-state index contributed by atoms with van der Waals surface area (Å²) in [5.41, 5.74) is 3.17. The molecule has 0 bridgehead atoms. The van der Waals surface area contributed by atoms with Gasteiger partial charge in [-0.15, -0.1) is 0 Å². The van der Waals surface area contributed by atoms with E-state index in [4.69, 9.17) is 0 Å². The van der Waals surface area contributed by atoms with E-state index in [2.05, 4.69) is 30.9 Å². The third-order valence-corrected chi connectivity index (χ3v) is 3.30. The van der Waals surface area contributed by atoms with Crippen molar-refractivity contribution in [2.24, 2.45) is 0 Å². The van der Waals surface area contributed by atoms with Gasteiger partial charge in [0.05, 0.1) is 5.52 Å². The predicted molar refractivity (Wildman–Crippen MR) is 77.0 cm³/mol. The van der Waals surface area contributed by atoms with Crippen LogP contribution in [0.4, 0.5) is 0 Å². The Kier molecular flexibility index (Phi) is 2.91. The number of rotatable bonds is 2. The highest BCUT2D eigenvalue weighted by atomic mass is 79.9. The van der Waals surface area contributed by atoms with E-state index in [0.29, 0.717) is 11.2 Å². The first-order valence-corrected chi connectivity index (χ1v) is 6.55. The molecular weight excluding hydrogens is 306 g/mol. The lowest BCUT2D eigenvalue weighted by atomic mass is 10.1. The summed E-state index contributed by atoms with van der Waals surface area (Å²) < 4.78 is 0.905. The molecule has 1 aromatic carbocycles. The minimum Gasteiger partial charge on any atom is -0.337 e. The van der Waals surface area contributed by atoms with Gasteiger partial charge in [0.2, 0.25) is 0 Å². The molecule has 3 rings (SSSR count). The Morgan fingerprint density at radius 1 is 1.26 bits per heavy atom. The van der Waals surface area contributed by atoms with Crippen LogP contribution in [0.25, 0.3) is 22.6 Å². The fraction of sp³-hybridized carbons (Fsp3) is 0.0714. The third-order valence-electron chi connectivity index (χ3n) is 2.87. The van der Waals surface area contributed by atoms with Crippen molar-refractivity contribution >= 4 is 32.9 Å². The normalized spacial score (nSPS) is 10.8. The molecule has 0 spiro atoms. The molecule has 0 saturated carbocycles. The van der Waals surface area contributed by atoms with E-state index in [1.54, 1.807) is 25.3 Å². The lowest BCUT2D eigenvalue weighted by Gasteiger charge is -1.98. The highest BCUT2D eigenvalue weighted by Gasteiger charge is 2.07. The van der Waals surface area contributed by atoms with Gasteiger partial charge in [0.25, 0.3) is 0 Å². The second-order valence-electron chi connectivity index (χ2n) is 4.24. The molecule has 5 heteroatoms. The number of nitrogens with zero attached hydrogens (tertiary/aromatic N) is 2. The first-order chi connectivity index (χ1) is 9.13. The minimum absolute atomic E-state index is 0.0572. The smallest absolute Gasteiger partial charge is 0.178 e. The van der Waals surface area contributed by atoms with Gasteiger partial charge in [-0.1, -0.05) is 24.3 Å². The van der Waals surface area contributed by atoms with Crippen LogP contribution in [0.3, 0.4) is 0 Å². The van der Waals surface area contributed by atoms with E-state index < -0.39 is 0 Å². The zero-order valence-electron chi connectivity index (χ0n) is 10.1. The topological polar surface area (TPSA) is 58.6 Å². The number of aromatic amines is 1. The van der Waals surface area contributed by atoms with Crippen LogP contribution in [0.1, 0.15) is 17.3 Å². The number of nitrogens with one attached hydrogen (secondary N) is 1. The number of pyridine rings is 1. The number of H-pyrrole nitrogens is 1. The van der Waals surface area contributed by atoms with Crippen molar-refractivity contribution in [3.63, 3.8) is 0 Å². The molecule has 1 N–H and O–H groups in total. The van der Waals surface area contributed by atoms with Crippen molar-refractivity contribution < 1.29 is 4.79 Å². The maximum Gasteiger partial charge on any atom is 0.178 e. The van der Waals surface area contributed by atoms with Gasteiger partial charge in [-0.25, -0.2) is 9.97 Å². The monoisotopic (exact) mass is 315 g/mol. The van der Waals surface area contributed by atoms with Gasteiger partial charge in [0.15, 0.2) is 11.4 Å². The fourth-order valence-corrected chi connectivity index (χ4v) is 2.21. The number of carbonyl (C=O) groups is 1. The standard InChI is InChI=1S/C14H10BrN3O/c1-8(19)9-2-4-10(5-3-9)13-17-12-6-11(15)7-16-14(12)18-13/h2-7H,1H3,(H,16,17,18). The molecule has 0 unspecified atom stereocenters. The molecule has 0 amide bonds. The van der Waals surface area contributed by atoms with Crippen LogP contribution in [-0.4, -0.2) is 20.7 Å². The number of imidazole rings is 1. The molecule has 2 heterocycles. The maximum atomic E-state index is 11.2. The number of hydrogen-bond donors (Lipinski definition) is 1. The predicted octanol–water partition coefficient (Wildman–Crippen LogP) is 3.59. The van der Waals surface area contributed by atoms with E-state index in [-0.39, 0.29) is 5.78 Å². The molecule has 0 aliphatic rings. The maximum absolute atomic E-state index is 11.2. The Bertz CT molecular complexity index is 762. The van der Waals surface area contributed by atoms with Gasteiger partial charge in [-0.2, -0.15) is 0 Å². The van der Waals surface area contributed by atoms with Crippen LogP contribution in [0.2, 0.25) is 0 Å². The summed E-state index contributed by atoms with van der Waals surface area (Å²) in [5, 5.41) is 0. The summed E-state index contributed by atoms with van der Waals surface area (Å²) in [4.78, 5) is 23.1. The molecule has 19 heavy (non-hydrogen) atoms. The Balaban J connectivity index is 2.06. The SMILES string of the molecule is CC(=O)c1ccc(-c2nc3ncc(Br)cc3[nH]2)cc1. The summed E-state index contributed by atoms with van der Waals surface area (Å²) in [5.74, 6) is 0.803. The highest BCUT2D eigenvalue weighted by Crippen LogP contribution is 2.21. The molecule has 0 fully saturated rings. The first-order valence-electron chi connectivity index (χ1n) is 5.76. The Hall–Kier alpha value is -2.01. The van der Waals surface area contributed by atoms with Gasteiger partial charge >= 0.3 is 0 Å². The summed E-state index contributed by atoms with van der Waals surface area (Å²) >= 11 is 3.38. The number of aromatic nitrogens is 3. The van der Waals surface area contributed by atoms with Crippen molar-refractivity contribution in [1.82, 2.24) is 15.0 Å². The molecule has 0 aliphatic heterocycles. The molecule has 4 nitrogen and oxygen atoms in total. The number of carbonyl (C=O) groups excluding carboxylic acids is 1. The summed E-state index contributed by atoms with van der Waals surface area (Å²) in [6, 6.07) is 9.29. The van der Waals surface area contributed by atoms with Crippen LogP contribution >= 0.6 is 15.9 Å². The quantitative estimate of drug-likeness (QED) is 0.735. The Morgan fingerprint density at radius 2 is 2.00 bits per heavy atom. The van der Waals surface area contributed by atoms with E-state index in [9.17, 15) is 4.79 Å². The zero-order valence-corrected chi connectivity index (χ0v) is 11.7. The number of ketones is 1. The van der Waals surface area contributed by atoms with E-state index in [0.717, 1.165) is 21.4 Å². The summed E-state index contributed by atoms with van der Waals surface area (Å²) in [6.07, 6.45) is 1.71. The van der Waals surface area contributed by atoms with E-state index in [1.807, 2.05) is 18.2 Å². The number of benzene rings is 1. The van der Waals surface area contributed by atoms with Crippen LogP contribution < -0.4 is 0 Å². The van der Waals surface area contributed by atoms with Crippen LogP contribution in [0, 0.1) is 0 Å². The lowest BCUT2D eigenvalue weighted by Crippen LogP contribution is -1.91. The number of halogens is 1. The Labute approximate surface area is 118 Å². The second kappa shape index (κ2) is 4.59. The molecule has 0 saturated heterocycles. The van der Waals surface area contributed by atoms with Crippen molar-refractivity contribution in [2.75, 3.05) is 0 Å². The Morgan fingerprint density at radius 3 is 2.68 bits per heavy atom. The third kappa shape index (κ3) is 2.29. The van der Waals surface area contributed by atoms with Gasteiger partial charge in [-0.3, -0.25) is 4.79 Å². The molecule has 0 radical (unpaired) electrons. The first kappa shape index (κ1) is 12.0. The highest BCUT2D eigenvalue weighted by molar-refractivity contribution is 9.10. The average molecular weight is 316 g/mol. The summed E-state index contributed by atoms with van der Waals surface area (Å²) in [6.45, 7) is 1.55. The molecule has 2 aromatic heterocycles. The largest absolute Gasteiger partial charge is 0.337 e. The zero-order chi connectivity index (χ0) is 13.4.